The van der Waals surface area contributed by atoms with E-state index in [1.807, 2.05) is 0 Å². The van der Waals surface area contributed by atoms with Crippen molar-refractivity contribution in [2.75, 3.05) is 12.8 Å². The van der Waals surface area contributed by atoms with Gasteiger partial charge in [-0.3, -0.25) is 0 Å². The summed E-state index contributed by atoms with van der Waals surface area (Å²) in [4.78, 5) is 0. The van der Waals surface area contributed by atoms with Crippen LogP contribution in [0, 0.1) is 116 Å². The molecule has 4 aromatic rings. The van der Waals surface area contributed by atoms with Crippen molar-refractivity contribution in [3.8, 4) is 0 Å². The Bertz CT molecular complexity index is 2060. The molecule has 0 radical (unpaired) electrons. The molecule has 0 aromatic heterocycles. The molecule has 0 spiro atoms. The van der Waals surface area contributed by atoms with Gasteiger partial charge in [0.15, 0.2) is 69.8 Å². The quantitative estimate of drug-likeness (QED) is 0.0118. The van der Waals surface area contributed by atoms with Gasteiger partial charge in [0, 0.05) is 6.66 Å². The van der Waals surface area contributed by atoms with E-state index in [1.165, 1.54) is 173 Å². The van der Waals surface area contributed by atoms with Gasteiger partial charge in [-0.05, 0) is 21.4 Å². The summed E-state index contributed by atoms with van der Waals surface area (Å²) in [6.45, 7) is 4.69. The maximum atomic E-state index is 15.4. The van der Waals surface area contributed by atoms with E-state index in [1.54, 1.807) is 0 Å². The number of benzene rings is 4. The Morgan fingerprint density at radius 2 is 0.347 bits per heavy atom. The summed E-state index contributed by atoms with van der Waals surface area (Å²) in [5, 5.41) is 0. The number of unbranched alkanes of at least 4 members (excludes halogenated alkanes) is 25. The summed E-state index contributed by atoms with van der Waals surface area (Å²) in [7, 11) is 0.754. The van der Waals surface area contributed by atoms with Crippen molar-refractivity contribution in [2.24, 2.45) is 0 Å². The monoisotopic (exact) mass is 1120 g/mol. The molecule has 0 saturated heterocycles. The van der Waals surface area contributed by atoms with Crippen LogP contribution in [0.3, 0.4) is 0 Å². The summed E-state index contributed by atoms with van der Waals surface area (Å²) in [6, 6.07) is 0. The lowest BCUT2D eigenvalue weighted by Gasteiger charge is -2.44. The lowest BCUT2D eigenvalue weighted by molar-refractivity contribution is 0.378. The normalized spacial score (nSPS) is 11.9. The number of halogens is 20. The average molecular weight is 1120 g/mol. The fraction of sp³-hybridized carbons (Fsp3) is 0.547. The van der Waals surface area contributed by atoms with E-state index in [9.17, 15) is 52.7 Å². The Hall–Kier alpha value is -4.03. The van der Waals surface area contributed by atoms with E-state index in [-0.39, 0.29) is 0 Å². The van der Waals surface area contributed by atoms with Crippen LogP contribution in [-0.2, 0) is 0 Å². The van der Waals surface area contributed by atoms with Gasteiger partial charge in [-0.15, -0.1) is 21.9 Å². The van der Waals surface area contributed by atoms with Crippen LogP contribution in [0.1, 0.15) is 174 Å². The Balaban J connectivity index is 0.000000432. The smallest absolute Gasteiger partial charge is 0.200 e. The highest BCUT2D eigenvalue weighted by Gasteiger charge is 2.52. The zero-order chi connectivity index (χ0) is 56.2. The first kappa shape index (κ1) is 65.3. The average Bonchev–Trinajstić information content (AvgIpc) is 3.39. The second kappa shape index (κ2) is 32.0. The molecule has 22 heteroatoms. The molecule has 0 saturated carbocycles. The number of hydrogen-bond acceptors (Lipinski definition) is 0. The zero-order valence-electron chi connectivity index (χ0n) is 41.8. The first-order valence-corrected chi connectivity index (χ1v) is 27.6. The highest BCUT2D eigenvalue weighted by molar-refractivity contribution is 7.36. The summed E-state index contributed by atoms with van der Waals surface area (Å²) in [5.41, 5.74) is -14.3. The van der Waals surface area contributed by atoms with E-state index in [0.29, 0.717) is 0 Å². The Morgan fingerprint density at radius 1 is 0.213 bits per heavy atom. The van der Waals surface area contributed by atoms with Gasteiger partial charge < -0.3 is 0 Å². The maximum Gasteiger partial charge on any atom is 0.200 e. The highest BCUT2D eigenvalue weighted by Crippen LogP contribution is 2.31. The SMILES string of the molecule is CCCCCCCCCCCCCCCCCCCCCCCCCCCC[PH2+]C.Fc1c(F)c(F)c([B-](c2c(F)c(F)c(F)c(F)c2F)(c2c(F)c(F)c(F)c(F)c2F)c2c(F)c(F)c(F)c(F)c2F)c(F)c1F. The Kier molecular flexibility index (Phi) is 27.9. The van der Waals surface area contributed by atoms with E-state index < -0.39 is 144 Å². The van der Waals surface area contributed by atoms with Gasteiger partial charge in [0.2, 0.25) is 0 Å². The summed E-state index contributed by atoms with van der Waals surface area (Å²) in [6.07, 6.45) is 33.0. The highest BCUT2D eigenvalue weighted by atomic mass is 31.1. The van der Waals surface area contributed by atoms with Crippen LogP contribution in [0.5, 0.6) is 0 Å². The standard InChI is InChI=1S/C29H61P.C24BF20/c1-3-4-5-6-7-8-9-10-11-12-13-14-15-16-17-18-19-20-21-22-23-24-25-26-27-28-29-30-2;26-5-1(6(27)14(35)21(42)13(5)34)25(2-7(28)15(36)22(43)16(37)8(2)29,3-9(30)17(38)23(44)18(39)10(3)31)4-11(32)19(40)24(45)20(41)12(4)33/h30H,3-29H2,1-2H3;/q;-1/p+1. The molecule has 4 rings (SSSR count). The van der Waals surface area contributed by atoms with Gasteiger partial charge in [0.25, 0.3) is 0 Å². The van der Waals surface area contributed by atoms with E-state index >= 15 is 35.1 Å². The Morgan fingerprint density at radius 3 is 0.493 bits per heavy atom. The molecule has 0 amide bonds. The first-order chi connectivity index (χ1) is 35.6. The molecule has 0 aliphatic carbocycles. The first-order valence-electron chi connectivity index (χ1n) is 25.6. The van der Waals surface area contributed by atoms with E-state index in [0.717, 1.165) is 8.58 Å². The number of hydrogen-bond donors (Lipinski definition) is 0. The molecule has 1 unspecified atom stereocenters. The molecule has 0 fully saturated rings. The lowest BCUT2D eigenvalue weighted by Crippen LogP contribution is -2.81. The molecule has 0 aliphatic rings. The third-order valence-electron chi connectivity index (χ3n) is 13.6. The van der Waals surface area contributed by atoms with Gasteiger partial charge in [-0.1, -0.05) is 161 Å². The molecule has 0 nitrogen and oxygen atoms in total. The second-order valence-electron chi connectivity index (χ2n) is 18.8. The van der Waals surface area contributed by atoms with Gasteiger partial charge in [-0.2, -0.15) is 0 Å². The minimum absolute atomic E-state index is 0.754. The molecule has 422 valence electrons. The van der Waals surface area contributed by atoms with Crippen LogP contribution in [-0.4, -0.2) is 19.0 Å². The van der Waals surface area contributed by atoms with Crippen LogP contribution < -0.4 is 21.9 Å². The third kappa shape index (κ3) is 15.8. The summed E-state index contributed by atoms with van der Waals surface area (Å²) in [5.74, 6) is -71.4. The van der Waals surface area contributed by atoms with Gasteiger partial charge in [0.05, 0.1) is 6.16 Å². The molecule has 0 heterocycles. The summed E-state index contributed by atoms with van der Waals surface area (Å²) < 4.78 is 294. The molecule has 0 aliphatic heterocycles. The topological polar surface area (TPSA) is 0 Å². The predicted octanol–water partition coefficient (Wildman–Crippen LogP) is 17.0. The van der Waals surface area contributed by atoms with E-state index in [2.05, 4.69) is 13.6 Å². The molecule has 0 bridgehead atoms. The number of rotatable bonds is 31. The summed E-state index contributed by atoms with van der Waals surface area (Å²) >= 11 is 0. The van der Waals surface area contributed by atoms with Crippen molar-refractivity contribution in [3.05, 3.63) is 116 Å². The predicted molar refractivity (Wildman–Crippen MR) is 255 cm³/mol. The molecule has 1 atom stereocenters. The van der Waals surface area contributed by atoms with Crippen LogP contribution in [0.2, 0.25) is 0 Å². The second-order valence-corrected chi connectivity index (χ2v) is 20.2. The van der Waals surface area contributed by atoms with E-state index in [4.69, 9.17) is 0 Å². The van der Waals surface area contributed by atoms with Crippen molar-refractivity contribution in [3.63, 3.8) is 0 Å². The largest absolute Gasteiger partial charge is 0.207 e. The third-order valence-corrected chi connectivity index (χ3v) is 14.5. The minimum atomic E-state index is -7.22. The van der Waals surface area contributed by atoms with Crippen LogP contribution in [0.15, 0.2) is 0 Å². The minimum Gasteiger partial charge on any atom is -0.207 e. The molecular formula is C53H62BF20P. The molecule has 75 heavy (non-hydrogen) atoms. The zero-order valence-corrected chi connectivity index (χ0v) is 43.0. The molecule has 0 N–H and O–H groups in total. The Labute approximate surface area is 426 Å². The van der Waals surface area contributed by atoms with Gasteiger partial charge in [-0.25, -0.2) is 87.8 Å². The molecule has 4 aromatic carbocycles. The molecular weight excluding hydrogens is 1060 g/mol. The van der Waals surface area contributed by atoms with Crippen molar-refractivity contribution < 1.29 is 87.8 Å². The van der Waals surface area contributed by atoms with Crippen molar-refractivity contribution in [2.45, 2.75) is 174 Å². The van der Waals surface area contributed by atoms with Crippen molar-refractivity contribution in [1.29, 1.82) is 0 Å². The lowest BCUT2D eigenvalue weighted by atomic mass is 9.12. The van der Waals surface area contributed by atoms with Gasteiger partial charge >= 0.3 is 0 Å². The van der Waals surface area contributed by atoms with Crippen molar-refractivity contribution >= 4 is 36.6 Å². The van der Waals surface area contributed by atoms with Gasteiger partial charge in [0.1, 0.15) is 52.7 Å². The maximum absolute atomic E-state index is 15.4. The fourth-order valence-electron chi connectivity index (χ4n) is 9.54. The van der Waals surface area contributed by atoms with Crippen molar-refractivity contribution in [1.82, 2.24) is 0 Å². The van der Waals surface area contributed by atoms with Crippen LogP contribution in [0.25, 0.3) is 0 Å². The van der Waals surface area contributed by atoms with Crippen LogP contribution >= 0.6 is 8.58 Å². The fourth-order valence-corrected chi connectivity index (χ4v) is 10.2. The van der Waals surface area contributed by atoms with Crippen LogP contribution in [0.4, 0.5) is 87.8 Å².